The highest BCUT2D eigenvalue weighted by Gasteiger charge is 2.30. The Kier molecular flexibility index (Phi) is 4.02. The quantitative estimate of drug-likeness (QED) is 0.828. The minimum Gasteiger partial charge on any atom is -0.299 e. The average molecular weight is 264 g/mol. The molecule has 1 aromatic rings. The van der Waals surface area contributed by atoms with Crippen LogP contribution in [0.25, 0.3) is 0 Å². The summed E-state index contributed by atoms with van der Waals surface area (Å²) in [7, 11) is 0. The van der Waals surface area contributed by atoms with Crippen LogP contribution >= 0.6 is 11.3 Å². The van der Waals surface area contributed by atoms with Crippen LogP contribution in [-0.2, 0) is 6.42 Å². The smallest absolute Gasteiger partial charge is 0.0223 e. The van der Waals surface area contributed by atoms with E-state index >= 15 is 0 Å². The number of hydrogen-bond donors (Lipinski definition) is 0. The van der Waals surface area contributed by atoms with E-state index < -0.39 is 0 Å². The molecule has 0 bridgehead atoms. The first-order valence-electron chi connectivity index (χ1n) is 7.33. The summed E-state index contributed by atoms with van der Waals surface area (Å²) in [6, 6.07) is 6.00. The van der Waals surface area contributed by atoms with Crippen LogP contribution < -0.4 is 0 Å². The number of nitrogens with zero attached hydrogens (tertiary/aromatic N) is 2. The number of fused-ring (bicyclic) bond motifs is 1. The molecule has 18 heavy (non-hydrogen) atoms. The minimum atomic E-state index is 0.698. The van der Waals surface area contributed by atoms with Crippen LogP contribution in [0, 0.1) is 0 Å². The van der Waals surface area contributed by atoms with Gasteiger partial charge in [-0.25, -0.2) is 0 Å². The third kappa shape index (κ3) is 2.79. The Hall–Kier alpha value is -0.380. The third-order valence-corrected chi connectivity index (χ3v) is 5.43. The second kappa shape index (κ2) is 5.72. The largest absolute Gasteiger partial charge is 0.299 e. The van der Waals surface area contributed by atoms with Crippen molar-refractivity contribution in [1.82, 2.24) is 9.80 Å². The van der Waals surface area contributed by atoms with E-state index in [1.54, 1.807) is 0 Å². The molecule has 2 nitrogen and oxygen atoms in total. The summed E-state index contributed by atoms with van der Waals surface area (Å²) in [4.78, 5) is 6.99. The van der Waals surface area contributed by atoms with Gasteiger partial charge in [-0.15, -0.1) is 11.3 Å². The summed E-state index contributed by atoms with van der Waals surface area (Å²) in [5.41, 5.74) is 0. The van der Waals surface area contributed by atoms with Gasteiger partial charge in [0.1, 0.15) is 0 Å². The summed E-state index contributed by atoms with van der Waals surface area (Å²) in [5.74, 6) is 0. The van der Waals surface area contributed by atoms with Crippen molar-refractivity contribution < 1.29 is 0 Å². The van der Waals surface area contributed by atoms with Gasteiger partial charge in [0.2, 0.25) is 0 Å². The zero-order valence-electron chi connectivity index (χ0n) is 11.3. The van der Waals surface area contributed by atoms with Gasteiger partial charge in [0, 0.05) is 23.5 Å². The van der Waals surface area contributed by atoms with Crippen molar-refractivity contribution in [3.63, 3.8) is 0 Å². The summed E-state index contributed by atoms with van der Waals surface area (Å²) >= 11 is 1.90. The Morgan fingerprint density at radius 1 is 1.33 bits per heavy atom. The van der Waals surface area contributed by atoms with Crippen molar-refractivity contribution >= 4 is 11.3 Å². The first-order valence-corrected chi connectivity index (χ1v) is 8.21. The second-order valence-electron chi connectivity index (χ2n) is 5.81. The standard InChI is InChI=1S/C15H24N2S/c1-13(11-15-6-3-10-18-15)17-9-4-8-16-7-2-5-14(16)12-17/h3,6,10,13-14H,2,4-5,7-9,11-12H2,1H3. The molecule has 0 N–H and O–H groups in total. The van der Waals surface area contributed by atoms with E-state index in [2.05, 4.69) is 34.2 Å². The van der Waals surface area contributed by atoms with Gasteiger partial charge in [-0.2, -0.15) is 0 Å². The fourth-order valence-corrected chi connectivity index (χ4v) is 4.31. The SMILES string of the molecule is CC(Cc1cccs1)N1CCCN2CCCC2C1. The number of hydrogen-bond acceptors (Lipinski definition) is 3. The Bertz CT molecular complexity index is 363. The van der Waals surface area contributed by atoms with Crippen LogP contribution in [0.15, 0.2) is 17.5 Å². The first-order chi connectivity index (χ1) is 8.83. The fraction of sp³-hybridized carbons (Fsp3) is 0.733. The monoisotopic (exact) mass is 264 g/mol. The van der Waals surface area contributed by atoms with Crippen LogP contribution in [0.1, 0.15) is 31.1 Å². The topological polar surface area (TPSA) is 6.48 Å². The van der Waals surface area contributed by atoms with E-state index in [-0.39, 0.29) is 0 Å². The summed E-state index contributed by atoms with van der Waals surface area (Å²) < 4.78 is 0. The van der Waals surface area contributed by atoms with Crippen molar-refractivity contribution in [1.29, 1.82) is 0 Å². The van der Waals surface area contributed by atoms with Crippen molar-refractivity contribution in [3.8, 4) is 0 Å². The molecule has 0 amide bonds. The van der Waals surface area contributed by atoms with E-state index in [0.29, 0.717) is 6.04 Å². The number of rotatable bonds is 3. The molecule has 1 aromatic heterocycles. The van der Waals surface area contributed by atoms with Gasteiger partial charge in [0.05, 0.1) is 0 Å². The van der Waals surface area contributed by atoms with E-state index in [1.807, 2.05) is 11.3 Å². The lowest BCUT2D eigenvalue weighted by Crippen LogP contribution is -2.41. The van der Waals surface area contributed by atoms with Crippen molar-refractivity contribution in [2.75, 3.05) is 26.2 Å². The Balaban J connectivity index is 1.60. The van der Waals surface area contributed by atoms with E-state index in [9.17, 15) is 0 Å². The predicted molar refractivity (Wildman–Crippen MR) is 78.3 cm³/mol. The molecule has 2 saturated heterocycles. The third-order valence-electron chi connectivity index (χ3n) is 4.54. The minimum absolute atomic E-state index is 0.698. The zero-order valence-corrected chi connectivity index (χ0v) is 12.2. The lowest BCUT2D eigenvalue weighted by atomic mass is 10.1. The van der Waals surface area contributed by atoms with Gasteiger partial charge in [-0.1, -0.05) is 6.07 Å². The van der Waals surface area contributed by atoms with Gasteiger partial charge in [-0.05, 0) is 63.7 Å². The first kappa shape index (κ1) is 12.6. The predicted octanol–water partition coefficient (Wildman–Crippen LogP) is 2.85. The second-order valence-corrected chi connectivity index (χ2v) is 6.85. The van der Waals surface area contributed by atoms with E-state index in [4.69, 9.17) is 0 Å². The molecule has 0 spiro atoms. The van der Waals surface area contributed by atoms with Crippen LogP contribution in [0.3, 0.4) is 0 Å². The molecule has 0 radical (unpaired) electrons. The Morgan fingerprint density at radius 3 is 3.06 bits per heavy atom. The molecule has 2 fully saturated rings. The summed E-state index contributed by atoms with van der Waals surface area (Å²) in [6.07, 6.45) is 5.41. The average Bonchev–Trinajstić information content (AvgIpc) is 2.97. The maximum absolute atomic E-state index is 2.73. The molecule has 3 rings (SSSR count). The molecule has 0 saturated carbocycles. The highest BCUT2D eigenvalue weighted by atomic mass is 32.1. The van der Waals surface area contributed by atoms with Crippen LogP contribution in [0.5, 0.6) is 0 Å². The van der Waals surface area contributed by atoms with Gasteiger partial charge in [0.15, 0.2) is 0 Å². The Morgan fingerprint density at radius 2 is 2.22 bits per heavy atom. The molecule has 2 aliphatic heterocycles. The van der Waals surface area contributed by atoms with Crippen LogP contribution in [-0.4, -0.2) is 48.1 Å². The highest BCUT2D eigenvalue weighted by Crippen LogP contribution is 2.23. The van der Waals surface area contributed by atoms with Gasteiger partial charge in [0.25, 0.3) is 0 Å². The van der Waals surface area contributed by atoms with Gasteiger partial charge >= 0.3 is 0 Å². The molecular weight excluding hydrogens is 240 g/mol. The van der Waals surface area contributed by atoms with Gasteiger partial charge in [-0.3, -0.25) is 9.80 Å². The van der Waals surface area contributed by atoms with Crippen LogP contribution in [0.4, 0.5) is 0 Å². The van der Waals surface area contributed by atoms with Crippen molar-refractivity contribution in [3.05, 3.63) is 22.4 Å². The van der Waals surface area contributed by atoms with E-state index in [0.717, 1.165) is 6.04 Å². The molecule has 100 valence electrons. The highest BCUT2D eigenvalue weighted by molar-refractivity contribution is 7.09. The van der Waals surface area contributed by atoms with Gasteiger partial charge < -0.3 is 0 Å². The van der Waals surface area contributed by atoms with Crippen molar-refractivity contribution in [2.45, 2.75) is 44.7 Å². The lowest BCUT2D eigenvalue weighted by Gasteiger charge is -2.30. The zero-order chi connectivity index (χ0) is 12.4. The molecule has 3 heterocycles. The van der Waals surface area contributed by atoms with Crippen molar-refractivity contribution in [2.24, 2.45) is 0 Å². The maximum Gasteiger partial charge on any atom is 0.0223 e. The summed E-state index contributed by atoms with van der Waals surface area (Å²) in [6.45, 7) is 7.67. The van der Waals surface area contributed by atoms with Crippen LogP contribution in [0.2, 0.25) is 0 Å². The molecule has 0 aliphatic carbocycles. The Labute approximate surface area is 115 Å². The molecule has 2 aliphatic rings. The molecule has 3 heteroatoms. The molecular formula is C15H24N2S. The number of thiophene rings is 1. The fourth-order valence-electron chi connectivity index (χ4n) is 3.48. The summed E-state index contributed by atoms with van der Waals surface area (Å²) in [5, 5.41) is 2.20. The molecule has 0 aromatic carbocycles. The lowest BCUT2D eigenvalue weighted by molar-refractivity contribution is 0.181. The maximum atomic E-state index is 2.73. The molecule has 2 atom stereocenters. The molecule has 2 unspecified atom stereocenters. The van der Waals surface area contributed by atoms with E-state index in [1.165, 1.54) is 56.7 Å². The normalized spacial score (nSPS) is 27.9.